The van der Waals surface area contributed by atoms with Crippen LogP contribution in [0.1, 0.15) is 25.8 Å². The quantitative estimate of drug-likeness (QED) is 0.185. The number of benzene rings is 1. The fourth-order valence-corrected chi connectivity index (χ4v) is 3.46. The van der Waals surface area contributed by atoms with E-state index in [2.05, 4.69) is 31.8 Å². The van der Waals surface area contributed by atoms with E-state index in [1.165, 1.54) is 13.3 Å². The van der Waals surface area contributed by atoms with Gasteiger partial charge in [0.1, 0.15) is 0 Å². The SMILES string of the molecule is COc1cc(/C=N\NC(=O)C(=O)NCCCOC(C)C)cc(Br)c1OCC(=O)N1CCOCC1. The van der Waals surface area contributed by atoms with Gasteiger partial charge in [0.2, 0.25) is 0 Å². The molecular weight excluding hydrogens is 512 g/mol. The molecule has 1 fully saturated rings. The third kappa shape index (κ3) is 9.27. The number of amides is 3. The monoisotopic (exact) mass is 542 g/mol. The molecule has 0 unspecified atom stereocenters. The van der Waals surface area contributed by atoms with Crippen molar-refractivity contribution in [2.24, 2.45) is 5.10 Å². The number of morpholine rings is 1. The van der Waals surface area contributed by atoms with E-state index < -0.39 is 11.8 Å². The van der Waals surface area contributed by atoms with Crippen LogP contribution in [0.2, 0.25) is 0 Å². The van der Waals surface area contributed by atoms with Gasteiger partial charge in [-0.25, -0.2) is 5.43 Å². The van der Waals surface area contributed by atoms with Crippen LogP contribution in [-0.4, -0.2) is 88.1 Å². The molecule has 0 atom stereocenters. The van der Waals surface area contributed by atoms with Gasteiger partial charge in [-0.2, -0.15) is 5.10 Å². The first kappa shape index (κ1) is 27.5. The third-order valence-electron chi connectivity index (χ3n) is 4.60. The first-order valence-electron chi connectivity index (χ1n) is 10.9. The maximum atomic E-state index is 12.3. The summed E-state index contributed by atoms with van der Waals surface area (Å²) >= 11 is 3.41. The molecule has 3 amide bonds. The lowest BCUT2D eigenvalue weighted by Gasteiger charge is -2.26. The molecule has 0 bridgehead atoms. The number of carbonyl (C=O) groups is 3. The Morgan fingerprint density at radius 3 is 2.65 bits per heavy atom. The summed E-state index contributed by atoms with van der Waals surface area (Å²) in [6.45, 7) is 6.61. The Balaban J connectivity index is 1.86. The van der Waals surface area contributed by atoms with Gasteiger partial charge in [-0.05, 0) is 53.9 Å². The van der Waals surface area contributed by atoms with Gasteiger partial charge in [-0.3, -0.25) is 14.4 Å². The largest absolute Gasteiger partial charge is 0.493 e. The number of rotatable bonds is 11. The fourth-order valence-electron chi connectivity index (χ4n) is 2.88. The highest BCUT2D eigenvalue weighted by atomic mass is 79.9. The summed E-state index contributed by atoms with van der Waals surface area (Å²) in [7, 11) is 1.47. The average molecular weight is 543 g/mol. The van der Waals surface area contributed by atoms with Gasteiger partial charge in [0.15, 0.2) is 18.1 Å². The Bertz CT molecular complexity index is 873. The molecule has 0 aromatic heterocycles. The maximum Gasteiger partial charge on any atom is 0.329 e. The minimum absolute atomic E-state index is 0.116. The van der Waals surface area contributed by atoms with Gasteiger partial charge < -0.3 is 29.2 Å². The lowest BCUT2D eigenvalue weighted by Crippen LogP contribution is -2.43. The molecular formula is C22H31BrN4O7. The fraction of sp³-hybridized carbons (Fsp3) is 0.545. The number of ether oxygens (including phenoxy) is 4. The summed E-state index contributed by atoms with van der Waals surface area (Å²) in [4.78, 5) is 37.7. The van der Waals surface area contributed by atoms with E-state index in [4.69, 9.17) is 18.9 Å². The topological polar surface area (TPSA) is 128 Å². The Hall–Kier alpha value is -2.70. The molecule has 2 rings (SSSR count). The number of nitrogens with one attached hydrogen (secondary N) is 2. The summed E-state index contributed by atoms with van der Waals surface area (Å²) in [5.74, 6) is -1.07. The van der Waals surface area contributed by atoms with Gasteiger partial charge in [0.05, 0.1) is 37.1 Å². The standard InChI is InChI=1S/C22H31BrN4O7/c1-15(2)33-8-4-5-24-21(29)22(30)26-25-13-16-11-17(23)20(18(12-16)31-3)34-14-19(28)27-6-9-32-10-7-27/h11-13,15H,4-10,14H2,1-3H3,(H,24,29)(H,26,30)/b25-13-. The van der Waals surface area contributed by atoms with E-state index in [9.17, 15) is 14.4 Å². The molecule has 1 aromatic rings. The number of hydrazone groups is 1. The summed E-state index contributed by atoms with van der Waals surface area (Å²) < 4.78 is 22.2. The summed E-state index contributed by atoms with van der Waals surface area (Å²) in [6.07, 6.45) is 2.07. The van der Waals surface area contributed by atoms with Crippen LogP contribution in [0, 0.1) is 0 Å². The van der Waals surface area contributed by atoms with E-state index in [0.717, 1.165) is 0 Å². The van der Waals surface area contributed by atoms with Crippen LogP contribution in [-0.2, 0) is 23.9 Å². The predicted molar refractivity (Wildman–Crippen MR) is 128 cm³/mol. The molecule has 11 nitrogen and oxygen atoms in total. The second kappa shape index (κ2) is 14.5. The molecule has 34 heavy (non-hydrogen) atoms. The predicted octanol–water partition coefficient (Wildman–Crippen LogP) is 1.08. The van der Waals surface area contributed by atoms with Crippen LogP contribution in [0.15, 0.2) is 21.7 Å². The Morgan fingerprint density at radius 2 is 1.97 bits per heavy atom. The average Bonchev–Trinajstić information content (AvgIpc) is 2.82. The summed E-state index contributed by atoms with van der Waals surface area (Å²) in [6, 6.07) is 3.31. The molecule has 1 aliphatic heterocycles. The zero-order valence-electron chi connectivity index (χ0n) is 19.6. The lowest BCUT2D eigenvalue weighted by atomic mass is 10.2. The van der Waals surface area contributed by atoms with Crippen LogP contribution in [0.25, 0.3) is 0 Å². The number of hydrogen-bond acceptors (Lipinski definition) is 8. The Morgan fingerprint density at radius 1 is 1.24 bits per heavy atom. The highest BCUT2D eigenvalue weighted by Crippen LogP contribution is 2.36. The molecule has 0 aliphatic carbocycles. The molecule has 1 heterocycles. The number of nitrogens with zero attached hydrogens (tertiary/aromatic N) is 2. The van der Waals surface area contributed by atoms with Crippen molar-refractivity contribution < 1.29 is 33.3 Å². The minimum Gasteiger partial charge on any atom is -0.493 e. The van der Waals surface area contributed by atoms with Gasteiger partial charge in [0.25, 0.3) is 5.91 Å². The van der Waals surface area contributed by atoms with Crippen molar-refractivity contribution in [2.75, 3.05) is 53.2 Å². The second-order valence-electron chi connectivity index (χ2n) is 7.54. The van der Waals surface area contributed by atoms with Crippen LogP contribution in [0.5, 0.6) is 11.5 Å². The minimum atomic E-state index is -0.881. The third-order valence-corrected chi connectivity index (χ3v) is 5.19. The van der Waals surface area contributed by atoms with Crippen LogP contribution < -0.4 is 20.2 Å². The molecule has 2 N–H and O–H groups in total. The van der Waals surface area contributed by atoms with Crippen molar-refractivity contribution in [1.82, 2.24) is 15.6 Å². The molecule has 1 aliphatic rings. The zero-order valence-corrected chi connectivity index (χ0v) is 21.2. The first-order chi connectivity index (χ1) is 16.3. The maximum absolute atomic E-state index is 12.3. The van der Waals surface area contributed by atoms with Gasteiger partial charge in [-0.1, -0.05) is 0 Å². The molecule has 0 saturated carbocycles. The van der Waals surface area contributed by atoms with E-state index in [-0.39, 0.29) is 18.6 Å². The van der Waals surface area contributed by atoms with Crippen LogP contribution in [0.4, 0.5) is 0 Å². The first-order valence-corrected chi connectivity index (χ1v) is 11.7. The molecule has 12 heteroatoms. The molecule has 0 radical (unpaired) electrons. The molecule has 1 saturated heterocycles. The van der Waals surface area contributed by atoms with Crippen molar-refractivity contribution in [1.29, 1.82) is 0 Å². The highest BCUT2D eigenvalue weighted by Gasteiger charge is 2.19. The van der Waals surface area contributed by atoms with E-state index >= 15 is 0 Å². The zero-order chi connectivity index (χ0) is 24.9. The van der Waals surface area contributed by atoms with Crippen molar-refractivity contribution >= 4 is 39.9 Å². The number of carbonyl (C=O) groups excluding carboxylic acids is 3. The summed E-state index contributed by atoms with van der Waals surface area (Å²) in [5, 5.41) is 6.31. The normalized spacial score (nSPS) is 13.7. The van der Waals surface area contributed by atoms with E-state index in [0.29, 0.717) is 67.4 Å². The van der Waals surface area contributed by atoms with Gasteiger partial charge in [0, 0.05) is 26.2 Å². The lowest BCUT2D eigenvalue weighted by molar-refractivity contribution is -0.139. The van der Waals surface area contributed by atoms with Crippen molar-refractivity contribution in [3.05, 3.63) is 22.2 Å². The highest BCUT2D eigenvalue weighted by molar-refractivity contribution is 9.10. The molecule has 1 aromatic carbocycles. The van der Waals surface area contributed by atoms with Crippen molar-refractivity contribution in [3.63, 3.8) is 0 Å². The molecule has 188 valence electrons. The van der Waals surface area contributed by atoms with Crippen molar-refractivity contribution in [3.8, 4) is 11.5 Å². The number of methoxy groups -OCH3 is 1. The van der Waals surface area contributed by atoms with Gasteiger partial charge in [-0.15, -0.1) is 0 Å². The second-order valence-corrected chi connectivity index (χ2v) is 8.40. The Kier molecular flexibility index (Phi) is 11.8. The number of hydrogen-bond donors (Lipinski definition) is 2. The van der Waals surface area contributed by atoms with E-state index in [1.54, 1.807) is 17.0 Å². The van der Waals surface area contributed by atoms with Gasteiger partial charge >= 0.3 is 11.8 Å². The molecule has 0 spiro atoms. The number of halogens is 1. The smallest absolute Gasteiger partial charge is 0.329 e. The van der Waals surface area contributed by atoms with Crippen LogP contribution in [0.3, 0.4) is 0 Å². The Labute approximate surface area is 207 Å². The van der Waals surface area contributed by atoms with Crippen LogP contribution >= 0.6 is 15.9 Å². The summed E-state index contributed by atoms with van der Waals surface area (Å²) in [5.41, 5.74) is 2.75. The van der Waals surface area contributed by atoms with Crippen molar-refractivity contribution in [2.45, 2.75) is 26.4 Å². The van der Waals surface area contributed by atoms with E-state index in [1.807, 2.05) is 13.8 Å².